The van der Waals surface area contributed by atoms with Crippen LogP contribution in [0.15, 0.2) is 35.5 Å². The van der Waals surface area contributed by atoms with Crippen molar-refractivity contribution in [2.24, 2.45) is 17.3 Å². The average Bonchev–Trinajstić information content (AvgIpc) is 2.76. The molecule has 0 saturated heterocycles. The number of allylic oxidation sites excluding steroid dienone is 5. The lowest BCUT2D eigenvalue weighted by atomic mass is 9.70. The molecule has 116 valence electrons. The van der Waals surface area contributed by atoms with E-state index in [4.69, 9.17) is 0 Å². The first kappa shape index (κ1) is 16.3. The molecule has 1 unspecified atom stereocenters. The predicted octanol–water partition coefficient (Wildman–Crippen LogP) is 5.63. The molecule has 1 nitrogen and oxygen atoms in total. The third kappa shape index (κ3) is 3.75. The van der Waals surface area contributed by atoms with Gasteiger partial charge in [0, 0.05) is 0 Å². The number of fused-ring (bicyclic) bond motifs is 1. The molecule has 0 N–H and O–H groups in total. The Labute approximate surface area is 130 Å². The summed E-state index contributed by atoms with van der Waals surface area (Å²) in [7, 11) is 0. The van der Waals surface area contributed by atoms with Gasteiger partial charge in [-0.05, 0) is 81.6 Å². The molecular formula is C20H30O. The van der Waals surface area contributed by atoms with Crippen LogP contribution in [-0.4, -0.2) is 6.29 Å². The van der Waals surface area contributed by atoms with Crippen LogP contribution >= 0.6 is 0 Å². The molecule has 0 amide bonds. The van der Waals surface area contributed by atoms with Gasteiger partial charge in [-0.25, -0.2) is 0 Å². The summed E-state index contributed by atoms with van der Waals surface area (Å²) in [5.41, 5.74) is 4.17. The quantitative estimate of drug-likeness (QED) is 0.475. The molecule has 0 spiro atoms. The van der Waals surface area contributed by atoms with Crippen molar-refractivity contribution in [2.75, 3.05) is 0 Å². The summed E-state index contributed by atoms with van der Waals surface area (Å²) in [6.45, 7) is 11.1. The van der Waals surface area contributed by atoms with E-state index >= 15 is 0 Å². The number of rotatable bonds is 2. The SMILES string of the molecule is C=C(C)C1CC[C@]2(C)CC/C(C=O)=C/CC/C(C)=C/C[C@@H]12. The second-order valence-corrected chi connectivity index (χ2v) is 7.47. The number of hydrogen-bond donors (Lipinski definition) is 0. The van der Waals surface area contributed by atoms with E-state index in [1.54, 1.807) is 0 Å². The van der Waals surface area contributed by atoms with Gasteiger partial charge in [0.1, 0.15) is 6.29 Å². The van der Waals surface area contributed by atoms with Gasteiger partial charge in [0.05, 0.1) is 0 Å². The smallest absolute Gasteiger partial charge is 0.145 e. The van der Waals surface area contributed by atoms with Crippen LogP contribution in [0.2, 0.25) is 0 Å². The van der Waals surface area contributed by atoms with Crippen LogP contribution in [0.3, 0.4) is 0 Å². The zero-order valence-electron chi connectivity index (χ0n) is 14.0. The molecule has 2 aliphatic carbocycles. The highest BCUT2D eigenvalue weighted by atomic mass is 16.1. The van der Waals surface area contributed by atoms with Crippen LogP contribution < -0.4 is 0 Å². The van der Waals surface area contributed by atoms with Gasteiger partial charge in [0.25, 0.3) is 0 Å². The highest BCUT2D eigenvalue weighted by molar-refractivity contribution is 5.72. The number of aldehydes is 1. The Morgan fingerprint density at radius 3 is 2.76 bits per heavy atom. The number of carbonyl (C=O) groups excluding carboxylic acids is 1. The van der Waals surface area contributed by atoms with Crippen LogP contribution in [-0.2, 0) is 4.79 Å². The van der Waals surface area contributed by atoms with E-state index in [-0.39, 0.29) is 0 Å². The first-order valence-electron chi connectivity index (χ1n) is 8.41. The van der Waals surface area contributed by atoms with E-state index in [2.05, 4.69) is 39.5 Å². The van der Waals surface area contributed by atoms with Crippen molar-refractivity contribution in [3.63, 3.8) is 0 Å². The lowest BCUT2D eigenvalue weighted by Crippen LogP contribution is -2.26. The van der Waals surface area contributed by atoms with Gasteiger partial charge in [-0.2, -0.15) is 0 Å². The summed E-state index contributed by atoms with van der Waals surface area (Å²) in [6.07, 6.45) is 13.6. The second kappa shape index (κ2) is 6.77. The van der Waals surface area contributed by atoms with Crippen LogP contribution in [0, 0.1) is 17.3 Å². The van der Waals surface area contributed by atoms with Gasteiger partial charge >= 0.3 is 0 Å². The molecular weight excluding hydrogens is 256 g/mol. The normalized spacial score (nSPS) is 39.2. The third-order valence-electron chi connectivity index (χ3n) is 5.84. The maximum atomic E-state index is 11.3. The molecule has 0 radical (unpaired) electrons. The molecule has 2 aliphatic rings. The van der Waals surface area contributed by atoms with Gasteiger partial charge in [-0.15, -0.1) is 0 Å². The van der Waals surface area contributed by atoms with Crippen LogP contribution in [0.1, 0.15) is 65.7 Å². The topological polar surface area (TPSA) is 17.1 Å². The van der Waals surface area contributed by atoms with E-state index in [0.717, 1.165) is 37.5 Å². The molecule has 0 bridgehead atoms. The van der Waals surface area contributed by atoms with Crippen molar-refractivity contribution >= 4 is 6.29 Å². The van der Waals surface area contributed by atoms with E-state index in [1.165, 1.54) is 30.4 Å². The summed E-state index contributed by atoms with van der Waals surface area (Å²) in [6, 6.07) is 0. The Hall–Kier alpha value is -1.11. The Morgan fingerprint density at radius 2 is 2.10 bits per heavy atom. The fourth-order valence-electron chi connectivity index (χ4n) is 4.26. The minimum Gasteiger partial charge on any atom is -0.298 e. The molecule has 1 fully saturated rings. The minimum atomic E-state index is 0.354. The van der Waals surface area contributed by atoms with Gasteiger partial charge in [0.15, 0.2) is 0 Å². The molecule has 3 atom stereocenters. The van der Waals surface area contributed by atoms with Gasteiger partial charge in [-0.3, -0.25) is 4.79 Å². The highest BCUT2D eigenvalue weighted by Gasteiger charge is 2.44. The maximum absolute atomic E-state index is 11.3. The van der Waals surface area contributed by atoms with Crippen LogP contribution in [0.25, 0.3) is 0 Å². The monoisotopic (exact) mass is 286 g/mol. The molecule has 1 heteroatoms. The van der Waals surface area contributed by atoms with E-state index < -0.39 is 0 Å². The van der Waals surface area contributed by atoms with Crippen LogP contribution in [0.5, 0.6) is 0 Å². The Kier molecular flexibility index (Phi) is 5.24. The summed E-state index contributed by atoms with van der Waals surface area (Å²) in [5, 5.41) is 0. The second-order valence-electron chi connectivity index (χ2n) is 7.47. The zero-order valence-corrected chi connectivity index (χ0v) is 14.0. The summed E-state index contributed by atoms with van der Waals surface area (Å²) < 4.78 is 0. The van der Waals surface area contributed by atoms with Crippen molar-refractivity contribution in [1.29, 1.82) is 0 Å². The minimum absolute atomic E-state index is 0.354. The van der Waals surface area contributed by atoms with Gasteiger partial charge in [-0.1, -0.05) is 36.8 Å². The fraction of sp³-hybridized carbons (Fsp3) is 0.650. The lowest BCUT2D eigenvalue weighted by Gasteiger charge is -2.34. The number of carbonyl (C=O) groups is 1. The first-order valence-corrected chi connectivity index (χ1v) is 8.41. The average molecular weight is 286 g/mol. The fourth-order valence-corrected chi connectivity index (χ4v) is 4.26. The van der Waals surface area contributed by atoms with Crippen molar-refractivity contribution in [3.8, 4) is 0 Å². The summed E-state index contributed by atoms with van der Waals surface area (Å²) in [5.74, 6) is 1.35. The zero-order chi connectivity index (χ0) is 15.5. The van der Waals surface area contributed by atoms with Crippen molar-refractivity contribution in [1.82, 2.24) is 0 Å². The van der Waals surface area contributed by atoms with Crippen LogP contribution in [0.4, 0.5) is 0 Å². The summed E-state index contributed by atoms with van der Waals surface area (Å²) in [4.78, 5) is 11.3. The molecule has 0 heterocycles. The molecule has 21 heavy (non-hydrogen) atoms. The highest BCUT2D eigenvalue weighted by Crippen LogP contribution is 2.53. The van der Waals surface area contributed by atoms with Gasteiger partial charge < -0.3 is 0 Å². The molecule has 0 aromatic rings. The standard InChI is InChI=1S/C20H30O/c1-15(2)18-11-13-20(4)12-10-17(14-21)7-5-6-16(3)8-9-19(18)20/h7-8,14,18-19H,1,5-6,9-13H2,2-4H3/b16-8+,17-7-/t18?,19-,20-/m0/s1. The molecule has 0 aromatic heterocycles. The first-order chi connectivity index (χ1) is 9.96. The largest absolute Gasteiger partial charge is 0.298 e. The van der Waals surface area contributed by atoms with E-state index in [1.807, 2.05) is 0 Å². The van der Waals surface area contributed by atoms with Crippen molar-refractivity contribution in [2.45, 2.75) is 65.7 Å². The van der Waals surface area contributed by atoms with E-state index in [9.17, 15) is 4.79 Å². The third-order valence-corrected chi connectivity index (χ3v) is 5.84. The van der Waals surface area contributed by atoms with Gasteiger partial charge in [0.2, 0.25) is 0 Å². The Morgan fingerprint density at radius 1 is 1.33 bits per heavy atom. The van der Waals surface area contributed by atoms with Crippen molar-refractivity contribution in [3.05, 3.63) is 35.5 Å². The maximum Gasteiger partial charge on any atom is 0.145 e. The molecule has 2 rings (SSSR count). The Balaban J connectivity index is 2.28. The lowest BCUT2D eigenvalue weighted by molar-refractivity contribution is -0.105. The number of hydrogen-bond acceptors (Lipinski definition) is 1. The molecule has 1 saturated carbocycles. The molecule has 0 aromatic carbocycles. The molecule has 0 aliphatic heterocycles. The summed E-state index contributed by atoms with van der Waals surface area (Å²) >= 11 is 0. The van der Waals surface area contributed by atoms with E-state index in [0.29, 0.717) is 17.3 Å². The predicted molar refractivity (Wildman–Crippen MR) is 90.1 cm³/mol. The Bertz CT molecular complexity index is 468. The van der Waals surface area contributed by atoms with Crippen molar-refractivity contribution < 1.29 is 4.79 Å².